The quantitative estimate of drug-likeness (QED) is 0.679. The number of carbonyl (C=O) groups is 2. The lowest BCUT2D eigenvalue weighted by molar-refractivity contribution is -0.160. The van der Waals surface area contributed by atoms with Gasteiger partial charge in [0.25, 0.3) is 0 Å². The molecule has 6 nitrogen and oxygen atoms in total. The molecule has 1 aliphatic heterocycles. The highest BCUT2D eigenvalue weighted by Gasteiger charge is 2.45. The van der Waals surface area contributed by atoms with Crippen molar-refractivity contribution in [1.29, 1.82) is 0 Å². The number of ether oxygens (including phenoxy) is 1. The Balaban J connectivity index is 1.49. The maximum Gasteiger partial charge on any atom is 0.326 e. The minimum atomic E-state index is -0.650. The van der Waals surface area contributed by atoms with Crippen LogP contribution in [0, 0.1) is 5.92 Å². The smallest absolute Gasteiger partial charge is 0.326 e. The second-order valence-corrected chi connectivity index (χ2v) is 8.41. The molecule has 1 aromatic carbocycles. The van der Waals surface area contributed by atoms with Crippen LogP contribution in [0.15, 0.2) is 30.3 Å². The third-order valence-corrected chi connectivity index (χ3v) is 6.44. The molecule has 0 bridgehead atoms. The van der Waals surface area contributed by atoms with Gasteiger partial charge in [0.05, 0.1) is 13.2 Å². The van der Waals surface area contributed by atoms with E-state index in [4.69, 9.17) is 4.74 Å². The Hall–Kier alpha value is -2.08. The molecule has 1 saturated carbocycles. The van der Waals surface area contributed by atoms with E-state index in [-0.39, 0.29) is 18.4 Å². The monoisotopic (exact) mass is 401 g/mol. The molecule has 1 unspecified atom stereocenters. The fourth-order valence-electron chi connectivity index (χ4n) is 4.70. The summed E-state index contributed by atoms with van der Waals surface area (Å²) >= 11 is 0. The normalized spacial score (nSPS) is 21.2. The lowest BCUT2D eigenvalue weighted by Gasteiger charge is -2.41. The van der Waals surface area contributed by atoms with Gasteiger partial charge in [0.2, 0.25) is 5.91 Å². The van der Waals surface area contributed by atoms with Crippen LogP contribution < -0.4 is 10.2 Å². The summed E-state index contributed by atoms with van der Waals surface area (Å²) in [5.74, 6) is 0.266. The number of benzene rings is 1. The molecule has 2 aliphatic rings. The first-order chi connectivity index (χ1) is 14.0. The largest absolute Gasteiger partial charge is 0.465 e. The summed E-state index contributed by atoms with van der Waals surface area (Å²) in [4.78, 5) is 29.6. The van der Waals surface area contributed by atoms with Crippen LogP contribution in [-0.4, -0.2) is 62.1 Å². The van der Waals surface area contributed by atoms with Crippen LogP contribution in [0.25, 0.3) is 0 Å². The van der Waals surface area contributed by atoms with Crippen molar-refractivity contribution in [3.05, 3.63) is 30.3 Å². The highest BCUT2D eigenvalue weighted by atomic mass is 16.5. The maximum atomic E-state index is 12.7. The van der Waals surface area contributed by atoms with E-state index in [1.54, 1.807) is 0 Å². The van der Waals surface area contributed by atoms with Gasteiger partial charge < -0.3 is 15.0 Å². The van der Waals surface area contributed by atoms with E-state index in [9.17, 15) is 9.59 Å². The number of nitrogens with zero attached hydrogens (tertiary/aromatic N) is 2. The van der Waals surface area contributed by atoms with Crippen LogP contribution in [-0.2, 0) is 14.3 Å². The topological polar surface area (TPSA) is 61.9 Å². The standard InChI is InChI=1S/C23H35N3O3/c1-3-29-22(28)23(13-8-5-9-14-23)25(2)18-21(27)24-16-19-12-15-26(17-19)20-10-6-4-7-11-20/h4,6-7,10-11,19H,3,5,8-9,12-18H2,1-2H3,(H,24,27). The Morgan fingerprint density at radius 3 is 2.62 bits per heavy atom. The number of amides is 1. The zero-order chi connectivity index (χ0) is 20.7. The molecule has 1 heterocycles. The molecule has 0 radical (unpaired) electrons. The summed E-state index contributed by atoms with van der Waals surface area (Å²) in [6, 6.07) is 10.4. The average molecular weight is 402 g/mol. The molecule has 1 aliphatic carbocycles. The zero-order valence-corrected chi connectivity index (χ0v) is 17.9. The summed E-state index contributed by atoms with van der Waals surface area (Å²) in [7, 11) is 1.88. The Labute approximate surface area is 174 Å². The lowest BCUT2D eigenvalue weighted by Crippen LogP contribution is -2.57. The number of hydrogen-bond acceptors (Lipinski definition) is 5. The molecule has 0 aromatic heterocycles. The van der Waals surface area contributed by atoms with Crippen molar-refractivity contribution in [2.24, 2.45) is 5.92 Å². The highest BCUT2D eigenvalue weighted by molar-refractivity contribution is 5.83. The summed E-state index contributed by atoms with van der Waals surface area (Å²) < 4.78 is 5.36. The Morgan fingerprint density at radius 1 is 1.21 bits per heavy atom. The van der Waals surface area contributed by atoms with E-state index >= 15 is 0 Å². The fourth-order valence-corrected chi connectivity index (χ4v) is 4.70. The minimum Gasteiger partial charge on any atom is -0.465 e. The van der Waals surface area contributed by atoms with Gasteiger partial charge in [-0.1, -0.05) is 37.5 Å². The second-order valence-electron chi connectivity index (χ2n) is 8.41. The molecule has 2 fully saturated rings. The fraction of sp³-hybridized carbons (Fsp3) is 0.652. The predicted octanol–water partition coefficient (Wildman–Crippen LogP) is 2.83. The first-order valence-corrected chi connectivity index (χ1v) is 11.0. The van der Waals surface area contributed by atoms with Crippen LogP contribution in [0.3, 0.4) is 0 Å². The van der Waals surface area contributed by atoms with Crippen LogP contribution in [0.4, 0.5) is 5.69 Å². The van der Waals surface area contributed by atoms with Gasteiger partial charge in [-0.15, -0.1) is 0 Å². The van der Waals surface area contributed by atoms with Crippen molar-refractivity contribution in [1.82, 2.24) is 10.2 Å². The third kappa shape index (κ3) is 5.30. The molecule has 1 amide bonds. The van der Waals surface area contributed by atoms with E-state index in [0.29, 0.717) is 19.1 Å². The summed E-state index contributed by atoms with van der Waals surface area (Å²) in [5.41, 5.74) is 0.595. The molecule has 160 valence electrons. The molecule has 1 aromatic rings. The Morgan fingerprint density at radius 2 is 1.93 bits per heavy atom. The van der Waals surface area contributed by atoms with Gasteiger partial charge in [0.15, 0.2) is 0 Å². The van der Waals surface area contributed by atoms with Crippen LogP contribution in [0.5, 0.6) is 0 Å². The molecule has 29 heavy (non-hydrogen) atoms. The van der Waals surface area contributed by atoms with Gasteiger partial charge in [0.1, 0.15) is 5.54 Å². The Bertz CT molecular complexity index is 673. The van der Waals surface area contributed by atoms with Crippen molar-refractivity contribution in [3.8, 4) is 0 Å². The van der Waals surface area contributed by atoms with Crippen LogP contribution >= 0.6 is 0 Å². The van der Waals surface area contributed by atoms with Crippen molar-refractivity contribution >= 4 is 17.6 Å². The van der Waals surface area contributed by atoms with Gasteiger partial charge in [-0.25, -0.2) is 0 Å². The Kier molecular flexibility index (Phi) is 7.53. The predicted molar refractivity (Wildman–Crippen MR) is 115 cm³/mol. The van der Waals surface area contributed by atoms with Gasteiger partial charge in [-0.2, -0.15) is 0 Å². The maximum absolute atomic E-state index is 12.7. The molecular formula is C23H35N3O3. The number of para-hydroxylation sites is 1. The van der Waals surface area contributed by atoms with Crippen LogP contribution in [0.1, 0.15) is 45.4 Å². The number of carbonyl (C=O) groups excluding carboxylic acids is 2. The van der Waals surface area contributed by atoms with Gasteiger partial charge in [-0.05, 0) is 51.3 Å². The van der Waals surface area contributed by atoms with E-state index < -0.39 is 5.54 Å². The molecule has 3 rings (SSSR count). The van der Waals surface area contributed by atoms with Crippen molar-refractivity contribution < 1.29 is 14.3 Å². The van der Waals surface area contributed by atoms with Gasteiger partial charge in [0, 0.05) is 25.3 Å². The molecule has 6 heteroatoms. The van der Waals surface area contributed by atoms with Crippen molar-refractivity contribution in [3.63, 3.8) is 0 Å². The number of nitrogens with one attached hydrogen (secondary N) is 1. The molecule has 1 atom stereocenters. The molecule has 1 saturated heterocycles. The minimum absolute atomic E-state index is 0.0140. The van der Waals surface area contributed by atoms with Gasteiger partial charge >= 0.3 is 5.97 Å². The number of anilines is 1. The molecular weight excluding hydrogens is 366 g/mol. The van der Waals surface area contributed by atoms with Gasteiger partial charge in [-0.3, -0.25) is 14.5 Å². The zero-order valence-electron chi connectivity index (χ0n) is 17.9. The molecule has 0 spiro atoms. The van der Waals surface area contributed by atoms with E-state index in [1.165, 1.54) is 5.69 Å². The highest BCUT2D eigenvalue weighted by Crippen LogP contribution is 2.34. The summed E-state index contributed by atoms with van der Waals surface area (Å²) in [6.45, 7) is 5.11. The van der Waals surface area contributed by atoms with E-state index in [2.05, 4.69) is 34.5 Å². The summed E-state index contributed by atoms with van der Waals surface area (Å²) in [5, 5.41) is 3.10. The molecule has 1 N–H and O–H groups in total. The van der Waals surface area contributed by atoms with Crippen molar-refractivity contribution in [2.45, 2.75) is 51.0 Å². The summed E-state index contributed by atoms with van der Waals surface area (Å²) in [6.07, 6.45) is 5.76. The SMILES string of the molecule is CCOC(=O)C1(N(C)CC(=O)NCC2CCN(c3ccccc3)C2)CCCCC1. The van der Waals surface area contributed by atoms with Crippen molar-refractivity contribution in [2.75, 3.05) is 44.7 Å². The van der Waals surface area contributed by atoms with E-state index in [1.807, 2.05) is 24.9 Å². The lowest BCUT2D eigenvalue weighted by atomic mass is 9.80. The number of likely N-dealkylation sites (N-methyl/N-ethyl adjacent to an activating group) is 1. The number of esters is 1. The second kappa shape index (κ2) is 10.1. The van der Waals surface area contributed by atoms with Crippen LogP contribution in [0.2, 0.25) is 0 Å². The first-order valence-electron chi connectivity index (χ1n) is 11.0. The average Bonchev–Trinajstić information content (AvgIpc) is 3.22. The number of rotatable bonds is 8. The van der Waals surface area contributed by atoms with E-state index in [0.717, 1.165) is 51.6 Å². The first kappa shape index (κ1) is 21.6. The number of hydrogen-bond donors (Lipinski definition) is 1. The third-order valence-electron chi connectivity index (χ3n) is 6.44.